The fourth-order valence-corrected chi connectivity index (χ4v) is 8.76. The maximum Gasteiger partial charge on any atom is 0.160 e. The van der Waals surface area contributed by atoms with E-state index in [1.807, 2.05) is 42.5 Å². The van der Waals surface area contributed by atoms with E-state index in [9.17, 15) is 15.8 Å². The summed E-state index contributed by atoms with van der Waals surface area (Å²) >= 11 is 0. The monoisotopic (exact) mass is 789 g/mol. The summed E-state index contributed by atoms with van der Waals surface area (Å²) in [6.45, 7) is 0. The molecule has 0 radical (unpaired) electrons. The van der Waals surface area contributed by atoms with Gasteiger partial charge in [-0.2, -0.15) is 15.8 Å². The lowest BCUT2D eigenvalue weighted by molar-refractivity contribution is 1.17. The second-order valence-corrected chi connectivity index (χ2v) is 15.2. The van der Waals surface area contributed by atoms with Crippen LogP contribution >= 0.6 is 0 Å². The van der Waals surface area contributed by atoms with E-state index in [1.54, 1.807) is 30.3 Å². The number of rotatable bonds is 6. The van der Waals surface area contributed by atoms with Gasteiger partial charge in [-0.15, -0.1) is 0 Å². The van der Waals surface area contributed by atoms with Crippen molar-refractivity contribution in [2.24, 2.45) is 0 Å². The van der Waals surface area contributed by atoms with Crippen molar-refractivity contribution >= 4 is 43.6 Å². The Morgan fingerprint density at radius 2 is 0.887 bits per heavy atom. The minimum atomic E-state index is 0.411. The highest BCUT2D eigenvalue weighted by atomic mass is 15.0. The molecule has 7 nitrogen and oxygen atoms in total. The number of hydrogen-bond donors (Lipinski definition) is 0. The van der Waals surface area contributed by atoms with E-state index < -0.39 is 0 Å². The maximum absolute atomic E-state index is 10.5. The van der Waals surface area contributed by atoms with Crippen molar-refractivity contribution in [1.82, 2.24) is 19.1 Å². The fourth-order valence-electron chi connectivity index (χ4n) is 8.76. The molecule has 0 unspecified atom stereocenters. The molecule has 0 saturated heterocycles. The van der Waals surface area contributed by atoms with Crippen molar-refractivity contribution in [2.45, 2.75) is 0 Å². The molecule has 0 N–H and O–H groups in total. The van der Waals surface area contributed by atoms with Gasteiger partial charge in [-0.1, -0.05) is 103 Å². The molecule has 0 aliphatic rings. The Labute approximate surface area is 356 Å². The second-order valence-electron chi connectivity index (χ2n) is 15.2. The van der Waals surface area contributed by atoms with Gasteiger partial charge in [-0.3, -0.25) is 0 Å². The summed E-state index contributed by atoms with van der Waals surface area (Å²) in [6, 6.07) is 69.8. The quantitative estimate of drug-likeness (QED) is 0.167. The maximum atomic E-state index is 10.5. The van der Waals surface area contributed by atoms with Crippen LogP contribution in [0, 0.1) is 34.0 Å². The van der Waals surface area contributed by atoms with Crippen LogP contribution in [0.25, 0.3) is 100 Å². The van der Waals surface area contributed by atoms with Crippen LogP contribution in [0.2, 0.25) is 0 Å². The first-order valence-corrected chi connectivity index (χ1v) is 20.2. The molecule has 0 aliphatic carbocycles. The standard InChI is InChI=1S/C55H31N7/c56-32-35-9-7-11-39(27-35)49-31-50(60-55(59-49)40-12-8-10-36(28-40)33-57)44-25-21-38(29-41(44)34-58)37-19-22-42(23-20-37)61-53-18-6-3-15-47(53)48-30-43(24-26-54(48)61)62-51-16-4-1-13-45(51)46-14-2-5-17-52(46)62/h1-31H. The van der Waals surface area contributed by atoms with Gasteiger partial charge in [0.05, 0.1) is 68.4 Å². The van der Waals surface area contributed by atoms with Gasteiger partial charge in [0.1, 0.15) is 0 Å². The molecule has 11 rings (SSSR count). The van der Waals surface area contributed by atoms with Crippen LogP contribution in [0.15, 0.2) is 188 Å². The van der Waals surface area contributed by atoms with Crippen molar-refractivity contribution in [1.29, 1.82) is 15.8 Å². The van der Waals surface area contributed by atoms with Gasteiger partial charge in [-0.25, -0.2) is 9.97 Å². The second kappa shape index (κ2) is 14.6. The first kappa shape index (κ1) is 36.0. The van der Waals surface area contributed by atoms with Crippen molar-refractivity contribution in [3.63, 3.8) is 0 Å². The van der Waals surface area contributed by atoms with Crippen LogP contribution in [0.3, 0.4) is 0 Å². The zero-order chi connectivity index (χ0) is 41.7. The number of nitrogens with zero attached hydrogens (tertiary/aromatic N) is 7. The first-order valence-electron chi connectivity index (χ1n) is 20.2. The molecule has 62 heavy (non-hydrogen) atoms. The van der Waals surface area contributed by atoms with Crippen LogP contribution in [-0.2, 0) is 0 Å². The van der Waals surface area contributed by atoms with E-state index in [0.717, 1.165) is 39.1 Å². The Bertz CT molecular complexity index is 3610. The summed E-state index contributed by atoms with van der Waals surface area (Å²) in [5, 5.41) is 34.6. The molecule has 286 valence electrons. The summed E-state index contributed by atoms with van der Waals surface area (Å²) in [5.41, 5.74) is 13.3. The van der Waals surface area contributed by atoms with Crippen molar-refractivity contribution in [2.75, 3.05) is 0 Å². The average molecular weight is 790 g/mol. The number of fused-ring (bicyclic) bond motifs is 6. The summed E-state index contributed by atoms with van der Waals surface area (Å²) in [5.74, 6) is 0.411. The van der Waals surface area contributed by atoms with E-state index >= 15 is 0 Å². The zero-order valence-electron chi connectivity index (χ0n) is 33.0. The van der Waals surface area contributed by atoms with E-state index in [-0.39, 0.29) is 0 Å². The highest BCUT2D eigenvalue weighted by Crippen LogP contribution is 2.38. The van der Waals surface area contributed by atoms with Gasteiger partial charge in [0.25, 0.3) is 0 Å². The van der Waals surface area contributed by atoms with E-state index in [4.69, 9.17) is 9.97 Å². The minimum Gasteiger partial charge on any atom is -0.309 e. The first-order chi connectivity index (χ1) is 30.6. The minimum absolute atomic E-state index is 0.411. The summed E-state index contributed by atoms with van der Waals surface area (Å²) in [4.78, 5) is 9.78. The largest absolute Gasteiger partial charge is 0.309 e. The number of nitriles is 3. The Balaban J connectivity index is 0.979. The lowest BCUT2D eigenvalue weighted by Gasteiger charge is -2.13. The number of benzene rings is 8. The van der Waals surface area contributed by atoms with Crippen molar-refractivity contribution < 1.29 is 0 Å². The molecule has 8 aromatic carbocycles. The predicted molar refractivity (Wildman–Crippen MR) is 247 cm³/mol. The molecule has 0 bridgehead atoms. The van der Waals surface area contributed by atoms with Crippen LogP contribution in [0.4, 0.5) is 0 Å². The summed E-state index contributed by atoms with van der Waals surface area (Å²) < 4.78 is 4.68. The number of hydrogen-bond acceptors (Lipinski definition) is 5. The Hall–Kier alpha value is -9.09. The van der Waals surface area contributed by atoms with Crippen LogP contribution in [0.1, 0.15) is 16.7 Å². The molecule has 7 heteroatoms. The molecule has 0 aliphatic heterocycles. The molecule has 0 atom stereocenters. The van der Waals surface area contributed by atoms with Gasteiger partial charge >= 0.3 is 0 Å². The van der Waals surface area contributed by atoms with Gasteiger partial charge in [0.15, 0.2) is 5.82 Å². The van der Waals surface area contributed by atoms with E-state index in [2.05, 4.69) is 143 Å². The van der Waals surface area contributed by atoms with Gasteiger partial charge < -0.3 is 9.13 Å². The lowest BCUT2D eigenvalue weighted by Crippen LogP contribution is -1.98. The van der Waals surface area contributed by atoms with Crippen LogP contribution in [0.5, 0.6) is 0 Å². The molecule has 0 fully saturated rings. The zero-order valence-corrected chi connectivity index (χ0v) is 33.0. The number of para-hydroxylation sites is 3. The van der Waals surface area contributed by atoms with Gasteiger partial charge in [0, 0.05) is 49.6 Å². The van der Waals surface area contributed by atoms with E-state index in [0.29, 0.717) is 45.0 Å². The van der Waals surface area contributed by atoms with Crippen LogP contribution < -0.4 is 0 Å². The van der Waals surface area contributed by atoms with Crippen LogP contribution in [-0.4, -0.2) is 19.1 Å². The summed E-state index contributed by atoms with van der Waals surface area (Å²) in [6.07, 6.45) is 0. The molecule has 0 amide bonds. The van der Waals surface area contributed by atoms with Crippen molar-refractivity contribution in [3.05, 3.63) is 205 Å². The third kappa shape index (κ3) is 5.96. The third-order valence-electron chi connectivity index (χ3n) is 11.6. The van der Waals surface area contributed by atoms with Gasteiger partial charge in [0.2, 0.25) is 0 Å². The Morgan fingerprint density at radius 1 is 0.355 bits per heavy atom. The molecule has 0 saturated carbocycles. The fraction of sp³-hybridized carbons (Fsp3) is 0. The Morgan fingerprint density at radius 3 is 1.53 bits per heavy atom. The molecule has 0 spiro atoms. The third-order valence-corrected chi connectivity index (χ3v) is 11.6. The summed E-state index contributed by atoms with van der Waals surface area (Å²) in [7, 11) is 0. The highest BCUT2D eigenvalue weighted by molar-refractivity contribution is 6.12. The molecular weight excluding hydrogens is 759 g/mol. The average Bonchev–Trinajstić information content (AvgIpc) is 3.86. The van der Waals surface area contributed by atoms with Crippen molar-refractivity contribution in [3.8, 4) is 74.6 Å². The lowest BCUT2D eigenvalue weighted by atomic mass is 9.96. The molecule has 3 aromatic heterocycles. The highest BCUT2D eigenvalue weighted by Gasteiger charge is 2.18. The molecular formula is C55H31N7. The SMILES string of the molecule is N#Cc1cccc(-c2cc(-c3ccc(-c4ccc(-n5c6ccccc6c6cc(-n7c8ccccc8c8ccccc87)ccc65)cc4)cc3C#N)nc(-c3cccc(C#N)c3)n2)c1. The Kier molecular flexibility index (Phi) is 8.50. The normalized spacial score (nSPS) is 11.2. The van der Waals surface area contributed by atoms with E-state index in [1.165, 1.54) is 32.6 Å². The smallest absolute Gasteiger partial charge is 0.160 e. The molecule has 3 heterocycles. The predicted octanol–water partition coefficient (Wildman–Crippen LogP) is 13.0. The topological polar surface area (TPSA) is 107 Å². The molecule has 11 aromatic rings. The number of aromatic nitrogens is 4. The van der Waals surface area contributed by atoms with Gasteiger partial charge in [-0.05, 0) is 96.1 Å².